The lowest BCUT2D eigenvalue weighted by Gasteiger charge is -1.98. The fraction of sp³-hybridized carbons (Fsp3) is 0.250. The molecule has 0 bridgehead atoms. The van der Waals surface area contributed by atoms with Gasteiger partial charge < -0.3 is 5.73 Å². The van der Waals surface area contributed by atoms with Crippen LogP contribution in [0.3, 0.4) is 0 Å². The fourth-order valence-electron chi connectivity index (χ4n) is 1.95. The lowest BCUT2D eigenvalue weighted by Crippen LogP contribution is -2.04. The van der Waals surface area contributed by atoms with Crippen LogP contribution in [0.4, 0.5) is 0 Å². The third-order valence-corrected chi connectivity index (χ3v) is 3.82. The van der Waals surface area contributed by atoms with Gasteiger partial charge in [-0.15, -0.1) is 0 Å². The number of nitrogens with zero attached hydrogens (tertiary/aromatic N) is 2. The second kappa shape index (κ2) is 3.30. The second-order valence-corrected chi connectivity index (χ2v) is 5.14. The zero-order chi connectivity index (χ0) is 11.3. The molecule has 1 atom stereocenters. The molecule has 0 spiro atoms. The van der Waals surface area contributed by atoms with Crippen molar-refractivity contribution in [3.8, 4) is 0 Å². The summed E-state index contributed by atoms with van der Waals surface area (Å²) in [4.78, 5) is 5.57. The Bertz CT molecular complexity index is 663. The molecule has 0 aliphatic heterocycles. The van der Waals surface area contributed by atoms with Crippen LogP contribution in [0.15, 0.2) is 24.4 Å². The molecule has 0 amide bonds. The van der Waals surface area contributed by atoms with Crippen LogP contribution < -0.4 is 5.73 Å². The molecule has 82 valence electrons. The molecular formula is C12H13N3S. The van der Waals surface area contributed by atoms with E-state index in [0.29, 0.717) is 0 Å². The van der Waals surface area contributed by atoms with Crippen LogP contribution >= 0.6 is 11.3 Å². The number of imidazole rings is 1. The molecule has 3 rings (SSSR count). The van der Waals surface area contributed by atoms with Gasteiger partial charge in [-0.3, -0.25) is 4.40 Å². The predicted octanol–water partition coefficient (Wildman–Crippen LogP) is 2.88. The molecule has 2 N–H and O–H groups in total. The van der Waals surface area contributed by atoms with Crippen molar-refractivity contribution in [3.05, 3.63) is 35.7 Å². The van der Waals surface area contributed by atoms with Crippen LogP contribution in [0.5, 0.6) is 0 Å². The third kappa shape index (κ3) is 1.27. The van der Waals surface area contributed by atoms with Crippen LogP contribution in [-0.4, -0.2) is 9.38 Å². The fourth-order valence-corrected chi connectivity index (χ4v) is 3.05. The summed E-state index contributed by atoms with van der Waals surface area (Å²) in [5.41, 5.74) is 9.33. The van der Waals surface area contributed by atoms with E-state index in [9.17, 15) is 0 Å². The summed E-state index contributed by atoms with van der Waals surface area (Å²) < 4.78 is 3.42. The molecule has 3 aromatic rings. The summed E-state index contributed by atoms with van der Waals surface area (Å²) in [6.45, 7) is 4.08. The van der Waals surface area contributed by atoms with Crippen LogP contribution in [0.25, 0.3) is 15.2 Å². The van der Waals surface area contributed by atoms with Gasteiger partial charge in [0.2, 0.25) is 0 Å². The summed E-state index contributed by atoms with van der Waals surface area (Å²) in [5.74, 6) is 0. The van der Waals surface area contributed by atoms with E-state index in [0.717, 1.165) is 10.7 Å². The summed E-state index contributed by atoms with van der Waals surface area (Å²) in [6, 6.07) is 6.33. The number of thiazole rings is 1. The molecule has 16 heavy (non-hydrogen) atoms. The first-order valence-electron chi connectivity index (χ1n) is 5.29. The predicted molar refractivity (Wildman–Crippen MR) is 67.9 cm³/mol. The molecule has 1 aromatic carbocycles. The topological polar surface area (TPSA) is 43.3 Å². The SMILES string of the molecule is Cc1cccc2sc3nc(C(C)N)cn3c12. The van der Waals surface area contributed by atoms with Crippen molar-refractivity contribution < 1.29 is 0 Å². The molecule has 0 saturated carbocycles. The number of fused-ring (bicyclic) bond motifs is 3. The van der Waals surface area contributed by atoms with Gasteiger partial charge in [0.1, 0.15) is 0 Å². The van der Waals surface area contributed by atoms with Crippen molar-refractivity contribution in [3.63, 3.8) is 0 Å². The lowest BCUT2D eigenvalue weighted by atomic mass is 10.2. The van der Waals surface area contributed by atoms with E-state index in [1.54, 1.807) is 11.3 Å². The first-order chi connectivity index (χ1) is 7.66. The number of aromatic nitrogens is 2. The van der Waals surface area contributed by atoms with Crippen LogP contribution in [-0.2, 0) is 0 Å². The quantitative estimate of drug-likeness (QED) is 0.699. The van der Waals surface area contributed by atoms with Crippen LogP contribution in [0, 0.1) is 6.92 Å². The van der Waals surface area contributed by atoms with E-state index >= 15 is 0 Å². The average Bonchev–Trinajstić information content (AvgIpc) is 2.73. The Balaban J connectivity index is 2.41. The van der Waals surface area contributed by atoms with Crippen molar-refractivity contribution in [2.45, 2.75) is 19.9 Å². The van der Waals surface area contributed by atoms with Gasteiger partial charge in [0.25, 0.3) is 0 Å². The molecule has 0 radical (unpaired) electrons. The molecule has 1 unspecified atom stereocenters. The van der Waals surface area contributed by atoms with Gasteiger partial charge in [0.05, 0.1) is 15.9 Å². The van der Waals surface area contributed by atoms with Gasteiger partial charge >= 0.3 is 0 Å². The number of para-hydroxylation sites is 1. The monoisotopic (exact) mass is 231 g/mol. The van der Waals surface area contributed by atoms with E-state index in [-0.39, 0.29) is 6.04 Å². The standard InChI is InChI=1S/C12H13N3S/c1-7-4-3-5-10-11(7)15-6-9(8(2)13)14-12(15)16-10/h3-6,8H,13H2,1-2H3. The Kier molecular flexibility index (Phi) is 2.02. The van der Waals surface area contributed by atoms with Crippen molar-refractivity contribution >= 4 is 26.5 Å². The zero-order valence-corrected chi connectivity index (χ0v) is 10.1. The molecule has 0 fully saturated rings. The van der Waals surface area contributed by atoms with Crippen molar-refractivity contribution in [1.29, 1.82) is 0 Å². The summed E-state index contributed by atoms with van der Waals surface area (Å²) in [5, 5.41) is 0. The summed E-state index contributed by atoms with van der Waals surface area (Å²) >= 11 is 1.71. The van der Waals surface area contributed by atoms with Crippen LogP contribution in [0.2, 0.25) is 0 Å². The molecule has 3 nitrogen and oxygen atoms in total. The van der Waals surface area contributed by atoms with Gasteiger partial charge in [-0.05, 0) is 25.5 Å². The molecule has 0 aliphatic rings. The van der Waals surface area contributed by atoms with Crippen molar-refractivity contribution in [1.82, 2.24) is 9.38 Å². The second-order valence-electron chi connectivity index (χ2n) is 4.13. The number of hydrogen-bond donors (Lipinski definition) is 1. The maximum atomic E-state index is 5.85. The van der Waals surface area contributed by atoms with Crippen molar-refractivity contribution in [2.24, 2.45) is 5.73 Å². The Morgan fingerprint density at radius 1 is 1.44 bits per heavy atom. The highest BCUT2D eigenvalue weighted by Crippen LogP contribution is 2.29. The largest absolute Gasteiger partial charge is 0.323 e. The molecular weight excluding hydrogens is 218 g/mol. The van der Waals surface area contributed by atoms with E-state index in [1.807, 2.05) is 13.1 Å². The normalized spacial score (nSPS) is 13.7. The van der Waals surface area contributed by atoms with E-state index in [2.05, 4.69) is 34.5 Å². The number of benzene rings is 1. The third-order valence-electron chi connectivity index (χ3n) is 2.80. The lowest BCUT2D eigenvalue weighted by molar-refractivity contribution is 0.790. The Morgan fingerprint density at radius 2 is 2.25 bits per heavy atom. The maximum absolute atomic E-state index is 5.85. The Morgan fingerprint density at radius 3 is 3.00 bits per heavy atom. The van der Waals surface area contributed by atoms with Gasteiger partial charge in [0, 0.05) is 12.2 Å². The van der Waals surface area contributed by atoms with Gasteiger partial charge in [0.15, 0.2) is 4.96 Å². The average molecular weight is 231 g/mol. The van der Waals surface area contributed by atoms with Gasteiger partial charge in [-0.2, -0.15) is 0 Å². The minimum atomic E-state index is -0.00818. The van der Waals surface area contributed by atoms with E-state index in [1.165, 1.54) is 15.8 Å². The number of aryl methyl sites for hydroxylation is 1. The molecule has 4 heteroatoms. The smallest absolute Gasteiger partial charge is 0.195 e. The Hall–Kier alpha value is -1.39. The van der Waals surface area contributed by atoms with E-state index < -0.39 is 0 Å². The number of nitrogens with two attached hydrogens (primary N) is 1. The molecule has 2 heterocycles. The molecule has 0 saturated heterocycles. The molecule has 0 aliphatic carbocycles. The van der Waals surface area contributed by atoms with Gasteiger partial charge in [-0.1, -0.05) is 23.5 Å². The highest BCUT2D eigenvalue weighted by Gasteiger charge is 2.11. The first-order valence-corrected chi connectivity index (χ1v) is 6.11. The minimum absolute atomic E-state index is 0.00818. The van der Waals surface area contributed by atoms with E-state index in [4.69, 9.17) is 5.73 Å². The van der Waals surface area contributed by atoms with Gasteiger partial charge in [-0.25, -0.2) is 4.98 Å². The molecule has 2 aromatic heterocycles. The van der Waals surface area contributed by atoms with Crippen molar-refractivity contribution in [2.75, 3.05) is 0 Å². The summed E-state index contributed by atoms with van der Waals surface area (Å²) in [7, 11) is 0. The zero-order valence-electron chi connectivity index (χ0n) is 9.27. The minimum Gasteiger partial charge on any atom is -0.323 e. The number of hydrogen-bond acceptors (Lipinski definition) is 3. The Labute approximate surface area is 97.5 Å². The van der Waals surface area contributed by atoms with Crippen LogP contribution in [0.1, 0.15) is 24.2 Å². The summed E-state index contributed by atoms with van der Waals surface area (Å²) in [6.07, 6.45) is 2.05. The highest BCUT2D eigenvalue weighted by atomic mass is 32.1. The highest BCUT2D eigenvalue weighted by molar-refractivity contribution is 7.23. The first kappa shape index (κ1) is 9.81. The maximum Gasteiger partial charge on any atom is 0.195 e. The number of rotatable bonds is 1.